The summed E-state index contributed by atoms with van der Waals surface area (Å²) in [6, 6.07) is 7.60. The summed E-state index contributed by atoms with van der Waals surface area (Å²) in [4.78, 5) is 0. The van der Waals surface area contributed by atoms with E-state index in [9.17, 15) is 15.3 Å². The molecule has 0 aromatic heterocycles. The largest absolute Gasteiger partial charge is 0.508 e. The highest BCUT2D eigenvalue weighted by Gasteiger charge is 2.32. The van der Waals surface area contributed by atoms with E-state index >= 15 is 0 Å². The molecule has 110 valence electrons. The van der Waals surface area contributed by atoms with Crippen LogP contribution in [0.4, 0.5) is 0 Å². The minimum Gasteiger partial charge on any atom is -0.508 e. The molecule has 3 N–H and O–H groups in total. The van der Waals surface area contributed by atoms with Gasteiger partial charge in [0, 0.05) is 24.1 Å². The van der Waals surface area contributed by atoms with Gasteiger partial charge in [0.2, 0.25) is 0 Å². The van der Waals surface area contributed by atoms with Crippen LogP contribution in [-0.2, 0) is 6.42 Å². The Bertz CT molecular complexity index is 702. The van der Waals surface area contributed by atoms with Gasteiger partial charge in [-0.1, -0.05) is 29.3 Å². The fourth-order valence-corrected chi connectivity index (χ4v) is 2.74. The molecular formula is C15H12Cl2O4. The predicted octanol–water partition coefficient (Wildman–Crippen LogP) is 3.44. The molecule has 21 heavy (non-hydrogen) atoms. The molecule has 0 fully saturated rings. The molecule has 0 saturated carbocycles. The van der Waals surface area contributed by atoms with Crippen molar-refractivity contribution < 1.29 is 20.1 Å². The molecular weight excluding hydrogens is 315 g/mol. The number of hydrogen-bond donors (Lipinski definition) is 3. The first-order valence-electron chi connectivity index (χ1n) is 6.30. The van der Waals surface area contributed by atoms with E-state index in [1.807, 2.05) is 0 Å². The number of halogens is 2. The highest BCUT2D eigenvalue weighted by molar-refractivity contribution is 6.42. The average Bonchev–Trinajstić information content (AvgIpc) is 2.42. The molecule has 3 rings (SSSR count). The second-order valence-corrected chi connectivity index (χ2v) is 5.74. The zero-order valence-electron chi connectivity index (χ0n) is 10.8. The molecule has 1 heterocycles. The second-order valence-electron chi connectivity index (χ2n) is 4.93. The lowest BCUT2D eigenvalue weighted by Crippen LogP contribution is -2.30. The van der Waals surface area contributed by atoms with E-state index in [4.69, 9.17) is 27.9 Å². The molecule has 0 spiro atoms. The zero-order valence-corrected chi connectivity index (χ0v) is 12.3. The lowest BCUT2D eigenvalue weighted by molar-refractivity contribution is 0.0198. The summed E-state index contributed by atoms with van der Waals surface area (Å²) >= 11 is 11.9. The van der Waals surface area contributed by atoms with Gasteiger partial charge in [-0.05, 0) is 17.7 Å². The van der Waals surface area contributed by atoms with Crippen LogP contribution >= 0.6 is 23.2 Å². The van der Waals surface area contributed by atoms with E-state index in [1.165, 1.54) is 12.1 Å². The Morgan fingerprint density at radius 3 is 2.52 bits per heavy atom. The number of phenols is 2. The summed E-state index contributed by atoms with van der Waals surface area (Å²) in [5, 5.41) is 30.4. The summed E-state index contributed by atoms with van der Waals surface area (Å²) in [5.41, 5.74) is 1.14. The summed E-state index contributed by atoms with van der Waals surface area (Å²) in [7, 11) is 0. The van der Waals surface area contributed by atoms with Gasteiger partial charge in [0.25, 0.3) is 0 Å². The number of phenolic OH excluding ortho intramolecular Hbond substituents is 2. The Morgan fingerprint density at radius 2 is 1.81 bits per heavy atom. The van der Waals surface area contributed by atoms with Crippen LogP contribution < -0.4 is 4.74 Å². The fourth-order valence-electron chi connectivity index (χ4n) is 2.44. The first-order chi connectivity index (χ1) is 9.95. The number of ether oxygens (including phenoxy) is 1. The van der Waals surface area contributed by atoms with Crippen LogP contribution in [0.5, 0.6) is 17.2 Å². The first-order valence-corrected chi connectivity index (χ1v) is 7.06. The standard InChI is InChI=1S/C15H12Cl2O4/c16-10-2-1-7(3-11(10)17)15-13(20)6-9-12(19)4-8(18)5-14(9)21-15/h1-5,13,15,18-20H,6H2/t13-,15-/m1/s1. The van der Waals surface area contributed by atoms with E-state index in [-0.39, 0.29) is 17.9 Å². The van der Waals surface area contributed by atoms with Gasteiger partial charge in [-0.3, -0.25) is 0 Å². The molecule has 1 aliphatic rings. The van der Waals surface area contributed by atoms with Crippen LogP contribution in [0.2, 0.25) is 10.0 Å². The number of benzene rings is 2. The molecule has 0 amide bonds. The Labute approximate surface area is 131 Å². The lowest BCUT2D eigenvalue weighted by atomic mass is 9.94. The van der Waals surface area contributed by atoms with Gasteiger partial charge in [-0.25, -0.2) is 0 Å². The average molecular weight is 327 g/mol. The maximum absolute atomic E-state index is 10.2. The Morgan fingerprint density at radius 1 is 1.05 bits per heavy atom. The summed E-state index contributed by atoms with van der Waals surface area (Å²) in [6.07, 6.45) is -1.27. The Kier molecular flexibility index (Phi) is 3.61. The Balaban J connectivity index is 2.00. The number of hydrogen-bond acceptors (Lipinski definition) is 4. The van der Waals surface area contributed by atoms with Crippen LogP contribution in [0.1, 0.15) is 17.2 Å². The number of fused-ring (bicyclic) bond motifs is 1. The smallest absolute Gasteiger partial charge is 0.150 e. The van der Waals surface area contributed by atoms with E-state index < -0.39 is 12.2 Å². The first kappa shape index (κ1) is 14.3. The molecule has 0 unspecified atom stereocenters. The van der Waals surface area contributed by atoms with Crippen molar-refractivity contribution in [2.45, 2.75) is 18.6 Å². The lowest BCUT2D eigenvalue weighted by Gasteiger charge is -2.31. The highest BCUT2D eigenvalue weighted by Crippen LogP contribution is 2.42. The Hall–Kier alpha value is -1.62. The quantitative estimate of drug-likeness (QED) is 0.750. The highest BCUT2D eigenvalue weighted by atomic mass is 35.5. The summed E-state index contributed by atoms with van der Waals surface area (Å²) < 4.78 is 5.72. The van der Waals surface area contributed by atoms with Crippen molar-refractivity contribution in [2.75, 3.05) is 0 Å². The molecule has 2 aromatic rings. The molecule has 6 heteroatoms. The number of aliphatic hydroxyl groups is 1. The van der Waals surface area contributed by atoms with Crippen molar-refractivity contribution in [3.63, 3.8) is 0 Å². The van der Waals surface area contributed by atoms with Crippen molar-refractivity contribution in [1.82, 2.24) is 0 Å². The number of aromatic hydroxyl groups is 2. The molecule has 2 aromatic carbocycles. The topological polar surface area (TPSA) is 69.9 Å². The van der Waals surface area contributed by atoms with Crippen molar-refractivity contribution in [3.05, 3.63) is 51.5 Å². The van der Waals surface area contributed by atoms with Crippen LogP contribution in [0.3, 0.4) is 0 Å². The van der Waals surface area contributed by atoms with E-state index in [0.717, 1.165) is 0 Å². The molecule has 1 aliphatic heterocycles. The van der Waals surface area contributed by atoms with Crippen molar-refractivity contribution in [2.24, 2.45) is 0 Å². The SMILES string of the molecule is Oc1cc(O)c2c(c1)O[C@H](c1ccc(Cl)c(Cl)c1)[C@H](O)C2. The van der Waals surface area contributed by atoms with Crippen LogP contribution in [0, 0.1) is 0 Å². The van der Waals surface area contributed by atoms with Gasteiger partial charge < -0.3 is 20.1 Å². The van der Waals surface area contributed by atoms with Crippen LogP contribution in [0.15, 0.2) is 30.3 Å². The second kappa shape index (κ2) is 5.30. The maximum Gasteiger partial charge on any atom is 0.150 e. The molecule has 4 nitrogen and oxygen atoms in total. The molecule has 0 aliphatic carbocycles. The minimum absolute atomic E-state index is 0.100. The molecule has 0 saturated heterocycles. The molecule has 0 radical (unpaired) electrons. The fraction of sp³-hybridized carbons (Fsp3) is 0.200. The van der Waals surface area contributed by atoms with Gasteiger partial charge in [0.1, 0.15) is 23.4 Å². The predicted molar refractivity (Wildman–Crippen MR) is 79.3 cm³/mol. The van der Waals surface area contributed by atoms with Gasteiger partial charge >= 0.3 is 0 Å². The molecule has 0 bridgehead atoms. The van der Waals surface area contributed by atoms with Crippen molar-refractivity contribution in [1.29, 1.82) is 0 Å². The summed E-state index contributed by atoms with van der Waals surface area (Å²) in [5.74, 6) is 0.140. The van der Waals surface area contributed by atoms with E-state index in [1.54, 1.807) is 18.2 Å². The van der Waals surface area contributed by atoms with Crippen molar-refractivity contribution >= 4 is 23.2 Å². The third kappa shape index (κ3) is 2.62. The van der Waals surface area contributed by atoms with Crippen molar-refractivity contribution in [3.8, 4) is 17.2 Å². The van der Waals surface area contributed by atoms with Gasteiger partial charge in [0.15, 0.2) is 0 Å². The van der Waals surface area contributed by atoms with E-state index in [0.29, 0.717) is 26.9 Å². The zero-order chi connectivity index (χ0) is 15.1. The van der Waals surface area contributed by atoms with Crippen LogP contribution in [-0.4, -0.2) is 21.4 Å². The molecule has 2 atom stereocenters. The third-order valence-corrected chi connectivity index (χ3v) is 4.20. The minimum atomic E-state index is -0.842. The van der Waals surface area contributed by atoms with Gasteiger partial charge in [0.05, 0.1) is 16.1 Å². The third-order valence-electron chi connectivity index (χ3n) is 3.46. The number of rotatable bonds is 1. The van der Waals surface area contributed by atoms with Crippen LogP contribution in [0.25, 0.3) is 0 Å². The van der Waals surface area contributed by atoms with Gasteiger partial charge in [-0.2, -0.15) is 0 Å². The monoisotopic (exact) mass is 326 g/mol. The number of aliphatic hydroxyl groups excluding tert-OH is 1. The van der Waals surface area contributed by atoms with E-state index in [2.05, 4.69) is 0 Å². The van der Waals surface area contributed by atoms with Gasteiger partial charge in [-0.15, -0.1) is 0 Å². The normalized spacial score (nSPS) is 20.7. The maximum atomic E-state index is 10.2. The summed E-state index contributed by atoms with van der Waals surface area (Å²) in [6.45, 7) is 0.